The quantitative estimate of drug-likeness (QED) is 0.876. The Bertz CT molecular complexity index is 549. The van der Waals surface area contributed by atoms with E-state index in [1.54, 1.807) is 0 Å². The molecule has 0 radical (unpaired) electrons. The molecule has 1 aromatic rings. The van der Waals surface area contributed by atoms with Crippen LogP contribution in [0, 0.1) is 5.82 Å². The fourth-order valence-electron chi connectivity index (χ4n) is 2.82. The summed E-state index contributed by atoms with van der Waals surface area (Å²) in [4.78, 5) is 11.5. The Morgan fingerprint density at radius 1 is 1.29 bits per heavy atom. The van der Waals surface area contributed by atoms with Crippen molar-refractivity contribution in [2.45, 2.75) is 30.7 Å². The van der Waals surface area contributed by atoms with Gasteiger partial charge in [-0.3, -0.25) is 4.79 Å². The maximum atomic E-state index is 13.0. The van der Waals surface area contributed by atoms with E-state index in [4.69, 9.17) is 0 Å². The molecule has 1 saturated heterocycles. The van der Waals surface area contributed by atoms with Crippen molar-refractivity contribution in [3.8, 4) is 0 Å². The van der Waals surface area contributed by atoms with Gasteiger partial charge in [0.25, 0.3) is 5.24 Å². The van der Waals surface area contributed by atoms with Crippen molar-refractivity contribution in [3.63, 3.8) is 0 Å². The minimum Gasteiger partial charge on any atom is -0.343 e. The van der Waals surface area contributed by atoms with Gasteiger partial charge in [-0.15, -0.1) is 12.4 Å². The van der Waals surface area contributed by atoms with Crippen molar-refractivity contribution < 1.29 is 9.18 Å². The molecule has 3 rings (SSSR count). The second kappa shape index (κ2) is 6.81. The zero-order valence-corrected chi connectivity index (χ0v) is 13.3. The van der Waals surface area contributed by atoms with E-state index in [1.165, 1.54) is 29.5 Å². The molecule has 0 bridgehead atoms. The van der Waals surface area contributed by atoms with Gasteiger partial charge in [-0.2, -0.15) is 0 Å². The summed E-state index contributed by atoms with van der Waals surface area (Å²) in [5.41, 5.74) is 2.29. The lowest BCUT2D eigenvalue weighted by molar-refractivity contribution is 0.260. The van der Waals surface area contributed by atoms with Gasteiger partial charge in [0.15, 0.2) is 0 Å². The monoisotopic (exact) mass is 328 g/mol. The van der Waals surface area contributed by atoms with E-state index >= 15 is 0 Å². The summed E-state index contributed by atoms with van der Waals surface area (Å²) < 4.78 is 13.0. The number of hydrogen-bond acceptors (Lipinski definition) is 3. The predicted molar refractivity (Wildman–Crippen MR) is 87.4 cm³/mol. The molecule has 0 aliphatic carbocycles. The predicted octanol–water partition coefficient (Wildman–Crippen LogP) is 3.21. The fraction of sp³-hybridized carbons (Fsp3) is 0.400. The van der Waals surface area contributed by atoms with E-state index in [0.29, 0.717) is 0 Å². The van der Waals surface area contributed by atoms with Crippen LogP contribution >= 0.6 is 24.2 Å². The average Bonchev–Trinajstić information content (AvgIpc) is 2.79. The highest BCUT2D eigenvalue weighted by Crippen LogP contribution is 2.32. The molecule has 0 saturated carbocycles. The van der Waals surface area contributed by atoms with Crippen LogP contribution in [0.3, 0.4) is 0 Å². The molecule has 0 spiro atoms. The second-order valence-electron chi connectivity index (χ2n) is 5.26. The number of thioether (sulfide) groups is 1. The van der Waals surface area contributed by atoms with E-state index in [2.05, 4.69) is 16.7 Å². The number of nitrogens with one attached hydrogen (secondary N) is 2. The van der Waals surface area contributed by atoms with Crippen LogP contribution in [0.2, 0.25) is 0 Å². The molecule has 3 atom stereocenters. The van der Waals surface area contributed by atoms with Crippen molar-refractivity contribution in [1.29, 1.82) is 0 Å². The normalized spacial score (nSPS) is 28.6. The van der Waals surface area contributed by atoms with Gasteiger partial charge in [-0.1, -0.05) is 30.0 Å². The summed E-state index contributed by atoms with van der Waals surface area (Å²) in [6.45, 7) is 2.83. The first-order valence-electron chi connectivity index (χ1n) is 6.79. The lowest BCUT2D eigenvalue weighted by Crippen LogP contribution is -2.45. The highest BCUT2D eigenvalue weighted by atomic mass is 35.5. The van der Waals surface area contributed by atoms with Crippen LogP contribution in [-0.4, -0.2) is 29.1 Å². The van der Waals surface area contributed by atoms with Crippen molar-refractivity contribution in [2.24, 2.45) is 0 Å². The summed E-state index contributed by atoms with van der Waals surface area (Å²) in [5, 5.41) is 6.70. The zero-order chi connectivity index (χ0) is 14.1. The number of halogens is 2. The number of carbonyl (C=O) groups excluding carboxylic acids is 1. The molecule has 2 N–H and O–H groups in total. The van der Waals surface area contributed by atoms with Gasteiger partial charge >= 0.3 is 0 Å². The van der Waals surface area contributed by atoms with E-state index in [1.807, 2.05) is 19.1 Å². The number of benzene rings is 1. The molecule has 114 valence electrons. The number of carbonyl (C=O) groups is 1. The lowest BCUT2D eigenvalue weighted by atomic mass is 9.92. The first kappa shape index (κ1) is 16.3. The Morgan fingerprint density at radius 3 is 2.62 bits per heavy atom. The zero-order valence-electron chi connectivity index (χ0n) is 11.6. The van der Waals surface area contributed by atoms with Gasteiger partial charge in [-0.25, -0.2) is 4.39 Å². The smallest absolute Gasteiger partial charge is 0.279 e. The third kappa shape index (κ3) is 3.59. The highest BCUT2D eigenvalue weighted by molar-refractivity contribution is 8.14. The van der Waals surface area contributed by atoms with Crippen LogP contribution in [0.1, 0.15) is 18.9 Å². The molecular formula is C15H18ClFN2OS. The largest absolute Gasteiger partial charge is 0.343 e. The van der Waals surface area contributed by atoms with Gasteiger partial charge in [0.2, 0.25) is 0 Å². The number of amides is 1. The molecule has 1 fully saturated rings. The molecule has 6 heteroatoms. The van der Waals surface area contributed by atoms with Gasteiger partial charge in [-0.05, 0) is 36.6 Å². The van der Waals surface area contributed by atoms with E-state index in [0.717, 1.165) is 18.5 Å². The van der Waals surface area contributed by atoms with Crippen LogP contribution in [0.5, 0.6) is 0 Å². The standard InChI is InChI=1S/C15H17FN2OS.ClH/c1-9-14(20-15(19)18-9)13-8-11(6-7-17-13)10-2-4-12(16)5-3-10;/h2-6,9,13-14,17H,7-8H2,1H3,(H,18,19);1H. The summed E-state index contributed by atoms with van der Waals surface area (Å²) in [5.74, 6) is -0.213. The molecule has 3 unspecified atom stereocenters. The molecule has 21 heavy (non-hydrogen) atoms. The first-order valence-corrected chi connectivity index (χ1v) is 7.67. The third-order valence-corrected chi connectivity index (χ3v) is 5.20. The van der Waals surface area contributed by atoms with Crippen LogP contribution in [0.15, 0.2) is 30.3 Å². The number of hydrogen-bond donors (Lipinski definition) is 2. The Kier molecular flexibility index (Phi) is 5.30. The fourth-order valence-corrected chi connectivity index (χ4v) is 3.95. The minimum atomic E-state index is -0.213. The van der Waals surface area contributed by atoms with Gasteiger partial charge in [0.05, 0.1) is 0 Å². The SMILES string of the molecule is CC1NC(=O)SC1C1CC(c2ccc(F)cc2)=CCN1.Cl. The first-order chi connectivity index (χ1) is 9.63. The van der Waals surface area contributed by atoms with Crippen molar-refractivity contribution in [1.82, 2.24) is 10.6 Å². The summed E-state index contributed by atoms with van der Waals surface area (Å²) in [6.07, 6.45) is 3.01. The molecule has 2 aliphatic heterocycles. The minimum absolute atomic E-state index is 0. The molecule has 1 amide bonds. The molecule has 2 heterocycles. The Hall–Kier alpha value is -1.04. The summed E-state index contributed by atoms with van der Waals surface area (Å²) in [7, 11) is 0. The molecular weight excluding hydrogens is 311 g/mol. The number of rotatable bonds is 2. The van der Waals surface area contributed by atoms with Crippen LogP contribution in [-0.2, 0) is 0 Å². The molecule has 1 aromatic carbocycles. The van der Waals surface area contributed by atoms with E-state index < -0.39 is 0 Å². The van der Waals surface area contributed by atoms with Crippen molar-refractivity contribution in [2.75, 3.05) is 6.54 Å². The third-order valence-electron chi connectivity index (χ3n) is 3.86. The lowest BCUT2D eigenvalue weighted by Gasteiger charge is -2.30. The van der Waals surface area contributed by atoms with Crippen molar-refractivity contribution >= 4 is 35.0 Å². The van der Waals surface area contributed by atoms with Crippen LogP contribution < -0.4 is 10.6 Å². The van der Waals surface area contributed by atoms with Gasteiger partial charge in [0.1, 0.15) is 5.82 Å². The topological polar surface area (TPSA) is 41.1 Å². The van der Waals surface area contributed by atoms with Crippen molar-refractivity contribution in [3.05, 3.63) is 41.7 Å². The van der Waals surface area contributed by atoms with Crippen LogP contribution in [0.4, 0.5) is 9.18 Å². The Labute approximate surface area is 134 Å². The molecule has 3 nitrogen and oxygen atoms in total. The maximum absolute atomic E-state index is 13.0. The highest BCUT2D eigenvalue weighted by Gasteiger charge is 2.37. The maximum Gasteiger partial charge on any atom is 0.279 e. The van der Waals surface area contributed by atoms with Gasteiger partial charge in [0, 0.05) is 23.9 Å². The van der Waals surface area contributed by atoms with Crippen LogP contribution in [0.25, 0.3) is 5.57 Å². The second-order valence-corrected chi connectivity index (χ2v) is 6.41. The van der Waals surface area contributed by atoms with Gasteiger partial charge < -0.3 is 10.6 Å². The van der Waals surface area contributed by atoms with E-state index in [-0.39, 0.29) is 40.8 Å². The summed E-state index contributed by atoms with van der Waals surface area (Å²) in [6, 6.07) is 7.06. The Morgan fingerprint density at radius 2 is 2.00 bits per heavy atom. The van der Waals surface area contributed by atoms with E-state index in [9.17, 15) is 9.18 Å². The summed E-state index contributed by atoms with van der Waals surface area (Å²) >= 11 is 1.38. The average molecular weight is 329 g/mol. The Balaban J connectivity index is 0.00000161. The molecule has 0 aromatic heterocycles. The molecule has 2 aliphatic rings.